The number of benzene rings is 1. The standard InChI is InChI=1S/C24H35N9O6S/c25-16(2-1-7-29-24(26)27)20(35)31-18(9-14-10-28-12-30-14)22(37)32-17(8-13-3-5-15(34)6-4-13)21(36)33-19(11-40)23(38)39/h3-6,10,12,16-19,34,40H,1-2,7-9,11,25H2,(H,28,30)(H,31,35)(H,32,37)(H,33,36)(H,38,39)(H4,26,27,29). The highest BCUT2D eigenvalue weighted by atomic mass is 32.1. The van der Waals surface area contributed by atoms with Crippen molar-refractivity contribution in [3.05, 3.63) is 48.0 Å². The van der Waals surface area contributed by atoms with E-state index in [1.807, 2.05) is 0 Å². The smallest absolute Gasteiger partial charge is 0.327 e. The molecule has 2 aromatic rings. The Hall–Kier alpha value is -4.31. The molecule has 16 heteroatoms. The number of aromatic amines is 1. The van der Waals surface area contributed by atoms with E-state index in [2.05, 4.69) is 43.5 Å². The maximum atomic E-state index is 13.4. The molecule has 0 bridgehead atoms. The number of hydrogen-bond donors (Lipinski definition) is 10. The maximum Gasteiger partial charge on any atom is 0.327 e. The van der Waals surface area contributed by atoms with E-state index in [4.69, 9.17) is 17.2 Å². The van der Waals surface area contributed by atoms with E-state index >= 15 is 0 Å². The van der Waals surface area contributed by atoms with Crippen LogP contribution >= 0.6 is 12.6 Å². The average Bonchev–Trinajstić information content (AvgIpc) is 3.42. The van der Waals surface area contributed by atoms with Crippen LogP contribution < -0.4 is 33.2 Å². The second-order valence-corrected chi connectivity index (χ2v) is 9.28. The first-order valence-corrected chi connectivity index (χ1v) is 12.9. The number of aliphatic imine (C=N–C) groups is 1. The summed E-state index contributed by atoms with van der Waals surface area (Å²) in [6.07, 6.45) is 3.52. The molecule has 0 aliphatic rings. The Balaban J connectivity index is 2.21. The van der Waals surface area contributed by atoms with Crippen LogP contribution in [0.25, 0.3) is 0 Å². The minimum absolute atomic E-state index is 0.000231. The number of carbonyl (C=O) groups excluding carboxylic acids is 3. The number of guanidine groups is 1. The molecule has 3 amide bonds. The third-order valence-corrected chi connectivity index (χ3v) is 6.09. The fourth-order valence-electron chi connectivity index (χ4n) is 3.56. The Morgan fingerprint density at radius 3 is 2.12 bits per heavy atom. The number of phenolic OH excluding ortho intramolecular Hbond substituents is 1. The van der Waals surface area contributed by atoms with E-state index in [0.29, 0.717) is 17.7 Å². The molecular weight excluding hydrogens is 542 g/mol. The molecule has 4 unspecified atom stereocenters. The summed E-state index contributed by atoms with van der Waals surface area (Å²) in [4.78, 5) is 61.3. The quantitative estimate of drug-likeness (QED) is 0.0443. The number of imidazole rings is 1. The number of carboxylic acids is 1. The van der Waals surface area contributed by atoms with Crippen molar-refractivity contribution >= 4 is 42.3 Å². The summed E-state index contributed by atoms with van der Waals surface area (Å²) >= 11 is 3.96. The zero-order valence-corrected chi connectivity index (χ0v) is 22.5. The van der Waals surface area contributed by atoms with Gasteiger partial charge in [-0.25, -0.2) is 9.78 Å². The highest BCUT2D eigenvalue weighted by molar-refractivity contribution is 7.80. The SMILES string of the molecule is NC(N)=NCCCC(N)C(=O)NC(Cc1cnc[nH]1)C(=O)NC(Cc1ccc(O)cc1)C(=O)NC(CS)C(=O)O. The lowest BCUT2D eigenvalue weighted by Gasteiger charge is -2.25. The van der Waals surface area contributed by atoms with Gasteiger partial charge in [-0.2, -0.15) is 12.6 Å². The minimum atomic E-state index is -1.30. The van der Waals surface area contributed by atoms with Gasteiger partial charge < -0.3 is 48.3 Å². The van der Waals surface area contributed by atoms with Crippen molar-refractivity contribution in [2.75, 3.05) is 12.3 Å². The first-order chi connectivity index (χ1) is 19.0. The van der Waals surface area contributed by atoms with Crippen LogP contribution in [0.15, 0.2) is 41.8 Å². The number of carbonyl (C=O) groups is 4. The number of aromatic nitrogens is 2. The number of nitrogens with zero attached hydrogens (tertiary/aromatic N) is 2. The number of nitrogens with one attached hydrogen (secondary N) is 4. The van der Waals surface area contributed by atoms with Gasteiger partial charge in [0.1, 0.15) is 23.9 Å². The minimum Gasteiger partial charge on any atom is -0.508 e. The van der Waals surface area contributed by atoms with Crippen molar-refractivity contribution < 1.29 is 29.4 Å². The van der Waals surface area contributed by atoms with Gasteiger partial charge in [-0.1, -0.05) is 12.1 Å². The largest absolute Gasteiger partial charge is 0.508 e. The van der Waals surface area contributed by atoms with Gasteiger partial charge in [0.15, 0.2) is 5.96 Å². The molecule has 0 saturated carbocycles. The van der Waals surface area contributed by atoms with Gasteiger partial charge in [-0.3, -0.25) is 19.4 Å². The molecule has 40 heavy (non-hydrogen) atoms. The van der Waals surface area contributed by atoms with Crippen molar-refractivity contribution in [3.8, 4) is 5.75 Å². The van der Waals surface area contributed by atoms with E-state index in [1.165, 1.54) is 24.7 Å². The van der Waals surface area contributed by atoms with Crippen molar-refractivity contribution in [2.45, 2.75) is 49.9 Å². The van der Waals surface area contributed by atoms with Crippen LogP contribution in [0.5, 0.6) is 5.75 Å². The van der Waals surface area contributed by atoms with Crippen molar-refractivity contribution in [3.63, 3.8) is 0 Å². The number of aliphatic carboxylic acids is 1. The number of phenols is 1. The molecule has 0 spiro atoms. The normalized spacial score (nSPS) is 13.8. The fraction of sp³-hybridized carbons (Fsp3) is 0.417. The van der Waals surface area contributed by atoms with Crippen LogP contribution in [0.4, 0.5) is 0 Å². The molecule has 1 heterocycles. The highest BCUT2D eigenvalue weighted by Gasteiger charge is 2.30. The Morgan fingerprint density at radius 1 is 0.975 bits per heavy atom. The number of carboxylic acid groups (broad SMARTS) is 1. The molecule has 1 aromatic carbocycles. The van der Waals surface area contributed by atoms with Gasteiger partial charge in [0.25, 0.3) is 0 Å². The summed E-state index contributed by atoms with van der Waals surface area (Å²) in [6, 6.07) is 1.29. The third-order valence-electron chi connectivity index (χ3n) is 5.72. The van der Waals surface area contributed by atoms with E-state index in [0.717, 1.165) is 0 Å². The Labute approximate surface area is 235 Å². The van der Waals surface area contributed by atoms with Crippen LogP contribution in [0.1, 0.15) is 24.1 Å². The zero-order chi connectivity index (χ0) is 29.7. The predicted octanol–water partition coefficient (Wildman–Crippen LogP) is -2.25. The summed E-state index contributed by atoms with van der Waals surface area (Å²) in [5.41, 5.74) is 17.7. The fourth-order valence-corrected chi connectivity index (χ4v) is 3.81. The monoisotopic (exact) mass is 577 g/mol. The number of thiol groups is 1. The molecule has 12 N–H and O–H groups in total. The lowest BCUT2D eigenvalue weighted by molar-refractivity contribution is -0.141. The molecule has 15 nitrogen and oxygen atoms in total. The number of H-pyrrole nitrogens is 1. The van der Waals surface area contributed by atoms with E-state index < -0.39 is 47.9 Å². The molecule has 4 atom stereocenters. The summed E-state index contributed by atoms with van der Waals surface area (Å²) in [6.45, 7) is 0.277. The first-order valence-electron chi connectivity index (χ1n) is 12.3. The molecule has 1 aromatic heterocycles. The second-order valence-electron chi connectivity index (χ2n) is 8.91. The number of aromatic hydroxyl groups is 1. The van der Waals surface area contributed by atoms with Crippen molar-refractivity contribution in [1.29, 1.82) is 0 Å². The van der Waals surface area contributed by atoms with Crippen LogP contribution in [0.2, 0.25) is 0 Å². The summed E-state index contributed by atoms with van der Waals surface area (Å²) in [7, 11) is 0. The maximum absolute atomic E-state index is 13.4. The Kier molecular flexibility index (Phi) is 12.7. The van der Waals surface area contributed by atoms with Gasteiger partial charge in [-0.15, -0.1) is 0 Å². The summed E-state index contributed by atoms with van der Waals surface area (Å²) in [5, 5.41) is 26.5. The van der Waals surface area contributed by atoms with E-state index in [9.17, 15) is 29.4 Å². The molecule has 2 rings (SSSR count). The van der Waals surface area contributed by atoms with Crippen LogP contribution in [0, 0.1) is 0 Å². The molecule has 0 aliphatic heterocycles. The van der Waals surface area contributed by atoms with Crippen LogP contribution in [-0.4, -0.2) is 86.3 Å². The molecule has 0 radical (unpaired) electrons. The molecule has 0 saturated heterocycles. The van der Waals surface area contributed by atoms with Crippen LogP contribution in [0.3, 0.4) is 0 Å². The third kappa shape index (κ3) is 10.8. The highest BCUT2D eigenvalue weighted by Crippen LogP contribution is 2.12. The summed E-state index contributed by atoms with van der Waals surface area (Å²) in [5.74, 6) is -3.64. The Bertz CT molecular complexity index is 1160. The Morgan fingerprint density at radius 2 is 1.57 bits per heavy atom. The number of hydrogen-bond acceptors (Lipinski definition) is 9. The number of amides is 3. The van der Waals surface area contributed by atoms with Gasteiger partial charge in [0.05, 0.1) is 12.4 Å². The summed E-state index contributed by atoms with van der Waals surface area (Å²) < 4.78 is 0. The van der Waals surface area contributed by atoms with Gasteiger partial charge >= 0.3 is 5.97 Å². The molecule has 0 fully saturated rings. The van der Waals surface area contributed by atoms with E-state index in [-0.39, 0.29) is 43.3 Å². The van der Waals surface area contributed by atoms with Crippen molar-refractivity contribution in [1.82, 2.24) is 25.9 Å². The molecule has 0 aliphatic carbocycles. The van der Waals surface area contributed by atoms with Crippen LogP contribution in [-0.2, 0) is 32.0 Å². The first kappa shape index (κ1) is 31.9. The van der Waals surface area contributed by atoms with Gasteiger partial charge in [0, 0.05) is 37.0 Å². The molecular formula is C24H35N9O6S. The lowest BCUT2D eigenvalue weighted by atomic mass is 10.0. The zero-order valence-electron chi connectivity index (χ0n) is 21.6. The predicted molar refractivity (Wildman–Crippen MR) is 149 cm³/mol. The second kappa shape index (κ2) is 15.9. The van der Waals surface area contributed by atoms with Gasteiger partial charge in [0.2, 0.25) is 17.7 Å². The topological polar surface area (TPSA) is 264 Å². The molecule has 218 valence electrons. The number of rotatable bonds is 16. The van der Waals surface area contributed by atoms with Crippen molar-refractivity contribution in [2.24, 2.45) is 22.2 Å². The number of nitrogens with two attached hydrogens (primary N) is 3. The lowest BCUT2D eigenvalue weighted by Crippen LogP contribution is -2.58. The average molecular weight is 578 g/mol. The van der Waals surface area contributed by atoms with Gasteiger partial charge in [-0.05, 0) is 30.5 Å². The van der Waals surface area contributed by atoms with E-state index in [1.54, 1.807) is 12.1 Å².